The van der Waals surface area contributed by atoms with Crippen molar-refractivity contribution in [1.82, 2.24) is 15.5 Å². The van der Waals surface area contributed by atoms with E-state index in [1.165, 1.54) is 6.07 Å². The molecule has 1 aromatic heterocycles. The Hall–Kier alpha value is -2.21. The molecular weight excluding hydrogens is 259 g/mol. The highest BCUT2D eigenvalue weighted by molar-refractivity contribution is 5.92. The molecule has 0 radical (unpaired) electrons. The van der Waals surface area contributed by atoms with Gasteiger partial charge in [0, 0.05) is 18.2 Å². The Bertz CT molecular complexity index is 619. The number of carbonyl (C=O) groups is 1. The first-order chi connectivity index (χ1) is 9.74. The lowest BCUT2D eigenvalue weighted by atomic mass is 10.1. The van der Waals surface area contributed by atoms with E-state index < -0.39 is 0 Å². The smallest absolute Gasteiger partial charge is 0.230 e. The maximum absolute atomic E-state index is 13.6. The van der Waals surface area contributed by atoms with Crippen LogP contribution in [0.25, 0.3) is 11.3 Å². The second-order valence-electron chi connectivity index (χ2n) is 4.83. The van der Waals surface area contributed by atoms with E-state index in [0.717, 1.165) is 13.0 Å². The first kappa shape index (κ1) is 12.8. The van der Waals surface area contributed by atoms with Crippen LogP contribution in [0.15, 0.2) is 30.3 Å². The van der Waals surface area contributed by atoms with Crippen molar-refractivity contribution < 1.29 is 9.18 Å². The third kappa shape index (κ3) is 2.55. The maximum Gasteiger partial charge on any atom is 0.230 e. The normalized spacial score (nSPS) is 18.1. The van der Waals surface area contributed by atoms with Gasteiger partial charge in [-0.3, -0.25) is 9.89 Å². The predicted octanol–water partition coefficient (Wildman–Crippen LogP) is 1.76. The Morgan fingerprint density at radius 1 is 1.40 bits per heavy atom. The highest BCUT2D eigenvalue weighted by atomic mass is 19.1. The SMILES string of the molecule is O=C(Nc1cc(-c2ccccc2F)[nH]n1)C1CCNC1. The van der Waals surface area contributed by atoms with Crippen molar-refractivity contribution in [2.24, 2.45) is 5.92 Å². The lowest BCUT2D eigenvalue weighted by Crippen LogP contribution is -2.24. The zero-order chi connectivity index (χ0) is 13.9. The number of anilines is 1. The number of carbonyl (C=O) groups excluding carboxylic acids is 1. The van der Waals surface area contributed by atoms with Gasteiger partial charge in [0.15, 0.2) is 5.82 Å². The highest BCUT2D eigenvalue weighted by Crippen LogP contribution is 2.23. The monoisotopic (exact) mass is 274 g/mol. The fourth-order valence-electron chi connectivity index (χ4n) is 2.31. The number of aromatic amines is 1. The molecule has 2 aromatic rings. The van der Waals surface area contributed by atoms with Crippen LogP contribution in [-0.4, -0.2) is 29.2 Å². The molecule has 3 N–H and O–H groups in total. The zero-order valence-corrected chi connectivity index (χ0v) is 10.8. The van der Waals surface area contributed by atoms with Gasteiger partial charge in [0.25, 0.3) is 0 Å². The van der Waals surface area contributed by atoms with Crippen LogP contribution in [-0.2, 0) is 4.79 Å². The van der Waals surface area contributed by atoms with E-state index in [1.54, 1.807) is 24.3 Å². The van der Waals surface area contributed by atoms with E-state index in [1.807, 2.05) is 0 Å². The number of nitrogens with one attached hydrogen (secondary N) is 3. The fourth-order valence-corrected chi connectivity index (χ4v) is 2.31. The van der Waals surface area contributed by atoms with E-state index in [2.05, 4.69) is 20.8 Å². The highest BCUT2D eigenvalue weighted by Gasteiger charge is 2.23. The van der Waals surface area contributed by atoms with Crippen LogP contribution in [0.1, 0.15) is 6.42 Å². The van der Waals surface area contributed by atoms with Gasteiger partial charge in [0.1, 0.15) is 5.82 Å². The van der Waals surface area contributed by atoms with Crippen LogP contribution in [0, 0.1) is 11.7 Å². The third-order valence-corrected chi connectivity index (χ3v) is 3.42. The van der Waals surface area contributed by atoms with Crippen molar-refractivity contribution >= 4 is 11.7 Å². The van der Waals surface area contributed by atoms with Crippen LogP contribution in [0.4, 0.5) is 10.2 Å². The van der Waals surface area contributed by atoms with Gasteiger partial charge in [-0.15, -0.1) is 0 Å². The van der Waals surface area contributed by atoms with Gasteiger partial charge in [-0.05, 0) is 25.1 Å². The molecule has 1 fully saturated rings. The summed E-state index contributed by atoms with van der Waals surface area (Å²) >= 11 is 0. The van der Waals surface area contributed by atoms with Gasteiger partial charge >= 0.3 is 0 Å². The number of rotatable bonds is 3. The molecule has 1 unspecified atom stereocenters. The quantitative estimate of drug-likeness (QED) is 0.799. The van der Waals surface area contributed by atoms with Gasteiger partial charge in [0.05, 0.1) is 11.6 Å². The number of H-pyrrole nitrogens is 1. The molecule has 3 rings (SSSR count). The van der Waals surface area contributed by atoms with E-state index >= 15 is 0 Å². The fraction of sp³-hybridized carbons (Fsp3) is 0.286. The summed E-state index contributed by atoms with van der Waals surface area (Å²) in [6, 6.07) is 8.07. The molecule has 0 saturated carbocycles. The van der Waals surface area contributed by atoms with Crippen molar-refractivity contribution in [3.8, 4) is 11.3 Å². The minimum absolute atomic E-state index is 0.0244. The molecule has 1 aliphatic rings. The number of benzene rings is 1. The summed E-state index contributed by atoms with van der Waals surface area (Å²) in [4.78, 5) is 11.9. The van der Waals surface area contributed by atoms with Crippen LogP contribution in [0.5, 0.6) is 0 Å². The summed E-state index contributed by atoms with van der Waals surface area (Å²) < 4.78 is 13.6. The second kappa shape index (κ2) is 5.42. The van der Waals surface area contributed by atoms with Gasteiger partial charge in [-0.25, -0.2) is 4.39 Å². The molecule has 2 heterocycles. The van der Waals surface area contributed by atoms with Gasteiger partial charge in [-0.2, -0.15) is 5.10 Å². The molecule has 0 bridgehead atoms. The molecule has 104 valence electrons. The summed E-state index contributed by atoms with van der Waals surface area (Å²) in [7, 11) is 0. The molecule has 1 aliphatic heterocycles. The second-order valence-corrected chi connectivity index (χ2v) is 4.83. The van der Waals surface area contributed by atoms with Crippen molar-refractivity contribution in [3.63, 3.8) is 0 Å². The topological polar surface area (TPSA) is 69.8 Å². The molecule has 20 heavy (non-hydrogen) atoms. The average molecular weight is 274 g/mol. The van der Waals surface area contributed by atoms with Crippen molar-refractivity contribution in [2.45, 2.75) is 6.42 Å². The van der Waals surface area contributed by atoms with Crippen LogP contribution in [0.2, 0.25) is 0 Å². The Balaban J connectivity index is 1.74. The summed E-state index contributed by atoms with van der Waals surface area (Å²) in [5.41, 5.74) is 0.978. The first-order valence-electron chi connectivity index (χ1n) is 6.56. The number of hydrogen-bond acceptors (Lipinski definition) is 3. The summed E-state index contributed by atoms with van der Waals surface area (Å²) in [5.74, 6) is 0.0133. The summed E-state index contributed by atoms with van der Waals surface area (Å²) in [6.07, 6.45) is 0.830. The van der Waals surface area contributed by atoms with Crippen LogP contribution >= 0.6 is 0 Å². The molecule has 6 heteroatoms. The number of aromatic nitrogens is 2. The van der Waals surface area contributed by atoms with E-state index in [9.17, 15) is 9.18 Å². The van der Waals surface area contributed by atoms with Crippen molar-refractivity contribution in [2.75, 3.05) is 18.4 Å². The average Bonchev–Trinajstić information content (AvgIpc) is 3.10. The van der Waals surface area contributed by atoms with Gasteiger partial charge < -0.3 is 10.6 Å². The van der Waals surface area contributed by atoms with Crippen molar-refractivity contribution in [1.29, 1.82) is 0 Å². The zero-order valence-electron chi connectivity index (χ0n) is 10.8. The number of halogens is 1. The molecule has 1 aromatic carbocycles. The molecule has 0 spiro atoms. The Morgan fingerprint density at radius 2 is 2.25 bits per heavy atom. The summed E-state index contributed by atoms with van der Waals surface area (Å²) in [6.45, 7) is 1.55. The minimum Gasteiger partial charge on any atom is -0.316 e. The van der Waals surface area contributed by atoms with Crippen LogP contribution in [0.3, 0.4) is 0 Å². The minimum atomic E-state index is -0.325. The Kier molecular flexibility index (Phi) is 3.47. The lowest BCUT2D eigenvalue weighted by Gasteiger charge is -2.06. The maximum atomic E-state index is 13.6. The van der Waals surface area contributed by atoms with E-state index in [4.69, 9.17) is 0 Å². The molecule has 5 nitrogen and oxygen atoms in total. The number of nitrogens with zero attached hydrogens (tertiary/aromatic N) is 1. The van der Waals surface area contributed by atoms with Crippen molar-refractivity contribution in [3.05, 3.63) is 36.1 Å². The number of hydrogen-bond donors (Lipinski definition) is 3. The molecule has 0 aliphatic carbocycles. The molecular formula is C14H15FN4O. The molecule has 1 saturated heterocycles. The third-order valence-electron chi connectivity index (χ3n) is 3.42. The predicted molar refractivity (Wildman–Crippen MR) is 73.6 cm³/mol. The number of amides is 1. The summed E-state index contributed by atoms with van der Waals surface area (Å²) in [5, 5.41) is 12.6. The lowest BCUT2D eigenvalue weighted by molar-refractivity contribution is -0.119. The molecule has 1 atom stereocenters. The van der Waals surface area contributed by atoms with Crippen LogP contribution < -0.4 is 10.6 Å². The molecule has 1 amide bonds. The van der Waals surface area contributed by atoms with E-state index in [0.29, 0.717) is 23.6 Å². The van der Waals surface area contributed by atoms with Gasteiger partial charge in [-0.1, -0.05) is 12.1 Å². The Labute approximate surface area is 115 Å². The largest absolute Gasteiger partial charge is 0.316 e. The van der Waals surface area contributed by atoms with E-state index in [-0.39, 0.29) is 17.6 Å². The standard InChI is InChI=1S/C14H15FN4O/c15-11-4-2-1-3-10(11)12-7-13(19-18-12)17-14(20)9-5-6-16-8-9/h1-4,7,9,16H,5-6,8H2,(H2,17,18,19,20). The first-order valence-corrected chi connectivity index (χ1v) is 6.56. The Morgan fingerprint density at radius 3 is 3.00 bits per heavy atom. The van der Waals surface area contributed by atoms with Gasteiger partial charge in [0.2, 0.25) is 5.91 Å².